The molecule has 6 nitrogen and oxygen atoms in total. The van der Waals surface area contributed by atoms with Gasteiger partial charge in [0.1, 0.15) is 18.7 Å². The lowest BCUT2D eigenvalue weighted by molar-refractivity contribution is -0.132. The number of fused-ring (bicyclic) bond motifs is 1. The summed E-state index contributed by atoms with van der Waals surface area (Å²) in [5.74, 6) is 0.594. The van der Waals surface area contributed by atoms with Gasteiger partial charge in [0.25, 0.3) is 0 Å². The van der Waals surface area contributed by atoms with Crippen LogP contribution in [-0.4, -0.2) is 36.7 Å². The third-order valence-electron chi connectivity index (χ3n) is 4.66. The third kappa shape index (κ3) is 2.46. The number of hydrogen-bond donors (Lipinski definition) is 0. The van der Waals surface area contributed by atoms with Crippen LogP contribution in [0.2, 0.25) is 0 Å². The van der Waals surface area contributed by atoms with E-state index in [1.54, 1.807) is 12.4 Å². The van der Waals surface area contributed by atoms with E-state index in [1.165, 1.54) is 12.1 Å². The van der Waals surface area contributed by atoms with Gasteiger partial charge in [0.15, 0.2) is 5.82 Å². The molecule has 1 saturated heterocycles. The smallest absolute Gasteiger partial charge is 0.243 e. The van der Waals surface area contributed by atoms with Crippen LogP contribution >= 0.6 is 0 Å². The van der Waals surface area contributed by atoms with Crippen molar-refractivity contribution < 1.29 is 9.18 Å². The Balaban J connectivity index is 1.58. The predicted molar refractivity (Wildman–Crippen MR) is 86.6 cm³/mol. The molecule has 24 heavy (non-hydrogen) atoms. The second kappa shape index (κ2) is 5.74. The molecule has 0 bridgehead atoms. The second-order valence-electron chi connectivity index (χ2n) is 6.19. The van der Waals surface area contributed by atoms with Gasteiger partial charge in [-0.1, -0.05) is 0 Å². The summed E-state index contributed by atoms with van der Waals surface area (Å²) in [5, 5.41) is 8.88. The van der Waals surface area contributed by atoms with Gasteiger partial charge >= 0.3 is 0 Å². The van der Waals surface area contributed by atoms with E-state index in [4.69, 9.17) is 0 Å². The van der Waals surface area contributed by atoms with Gasteiger partial charge in [0.2, 0.25) is 5.91 Å². The fourth-order valence-corrected chi connectivity index (χ4v) is 3.47. The first-order valence-corrected chi connectivity index (χ1v) is 8.01. The van der Waals surface area contributed by atoms with E-state index >= 15 is 0 Å². The number of benzene rings is 1. The average Bonchev–Trinajstić information content (AvgIpc) is 3.26. The molecule has 1 amide bonds. The van der Waals surface area contributed by atoms with Crippen molar-refractivity contribution in [2.45, 2.75) is 25.4 Å². The van der Waals surface area contributed by atoms with Crippen LogP contribution in [0.15, 0.2) is 36.8 Å². The van der Waals surface area contributed by atoms with E-state index in [9.17, 15) is 9.18 Å². The molecule has 1 aliphatic rings. The molecule has 0 saturated carbocycles. The van der Waals surface area contributed by atoms with Gasteiger partial charge in [0, 0.05) is 30.7 Å². The monoisotopic (exact) mass is 327 g/mol. The SMILES string of the molecule is Cn1cnnc1[C@@H]1CCCN1C(=O)Cn1ccc2cc(F)ccc21. The van der Waals surface area contributed by atoms with Crippen LogP contribution in [0, 0.1) is 5.82 Å². The molecule has 0 spiro atoms. The summed E-state index contributed by atoms with van der Waals surface area (Å²) in [4.78, 5) is 14.7. The highest BCUT2D eigenvalue weighted by molar-refractivity contribution is 5.83. The Morgan fingerprint density at radius 1 is 1.38 bits per heavy atom. The van der Waals surface area contributed by atoms with Crippen LogP contribution in [0.25, 0.3) is 10.9 Å². The van der Waals surface area contributed by atoms with Crippen LogP contribution in [-0.2, 0) is 18.4 Å². The topological polar surface area (TPSA) is 56.0 Å². The van der Waals surface area contributed by atoms with Crippen LogP contribution in [0.3, 0.4) is 0 Å². The molecule has 1 aromatic carbocycles. The minimum atomic E-state index is -0.270. The second-order valence-corrected chi connectivity index (χ2v) is 6.19. The van der Waals surface area contributed by atoms with Crippen LogP contribution in [0.5, 0.6) is 0 Å². The molecule has 0 aliphatic carbocycles. The summed E-state index contributed by atoms with van der Waals surface area (Å²) in [5.41, 5.74) is 0.860. The molecule has 0 unspecified atom stereocenters. The maximum Gasteiger partial charge on any atom is 0.243 e. The van der Waals surface area contributed by atoms with Crippen LogP contribution in [0.4, 0.5) is 4.39 Å². The molecule has 2 aromatic heterocycles. The number of aromatic nitrogens is 4. The van der Waals surface area contributed by atoms with Gasteiger partial charge in [-0.25, -0.2) is 4.39 Å². The summed E-state index contributed by atoms with van der Waals surface area (Å²) in [7, 11) is 1.89. The van der Waals surface area contributed by atoms with Crippen molar-refractivity contribution >= 4 is 16.8 Å². The zero-order valence-corrected chi connectivity index (χ0v) is 13.4. The number of rotatable bonds is 3. The van der Waals surface area contributed by atoms with E-state index in [-0.39, 0.29) is 24.3 Å². The zero-order valence-electron chi connectivity index (χ0n) is 13.4. The summed E-state index contributed by atoms with van der Waals surface area (Å²) < 4.78 is 17.0. The van der Waals surface area contributed by atoms with Gasteiger partial charge < -0.3 is 14.0 Å². The number of nitrogens with zero attached hydrogens (tertiary/aromatic N) is 5. The predicted octanol–water partition coefficient (Wildman–Crippen LogP) is 2.27. The fourth-order valence-electron chi connectivity index (χ4n) is 3.47. The highest BCUT2D eigenvalue weighted by Gasteiger charge is 2.32. The molecule has 3 aromatic rings. The van der Waals surface area contributed by atoms with Crippen LogP contribution < -0.4 is 0 Å². The normalized spacial score (nSPS) is 17.8. The Bertz CT molecular complexity index is 899. The van der Waals surface area contributed by atoms with Gasteiger partial charge in [0.05, 0.1) is 6.04 Å². The molecular weight excluding hydrogens is 309 g/mol. The molecule has 1 fully saturated rings. The molecule has 4 rings (SSSR count). The number of carbonyl (C=O) groups is 1. The number of aryl methyl sites for hydroxylation is 1. The Hall–Kier alpha value is -2.70. The van der Waals surface area contributed by atoms with Gasteiger partial charge in [-0.15, -0.1) is 10.2 Å². The molecule has 0 radical (unpaired) electrons. The fraction of sp³-hybridized carbons (Fsp3) is 0.353. The first kappa shape index (κ1) is 14.9. The summed E-state index contributed by atoms with van der Waals surface area (Å²) in [6.07, 6.45) is 5.34. The van der Waals surface area contributed by atoms with E-state index in [0.717, 1.165) is 36.1 Å². The molecule has 1 aliphatic heterocycles. The highest BCUT2D eigenvalue weighted by atomic mass is 19.1. The van der Waals surface area contributed by atoms with Crippen molar-refractivity contribution in [1.82, 2.24) is 24.2 Å². The molecule has 7 heteroatoms. The van der Waals surface area contributed by atoms with Crippen LogP contribution in [0.1, 0.15) is 24.7 Å². The number of carbonyl (C=O) groups excluding carboxylic acids is 1. The summed E-state index contributed by atoms with van der Waals surface area (Å²) in [6.45, 7) is 0.966. The Morgan fingerprint density at radius 2 is 2.25 bits per heavy atom. The Labute approximate surface area is 138 Å². The van der Waals surface area contributed by atoms with E-state index in [0.29, 0.717) is 0 Å². The van der Waals surface area contributed by atoms with Gasteiger partial charge in [-0.3, -0.25) is 4.79 Å². The minimum Gasteiger partial charge on any atom is -0.338 e. The van der Waals surface area contributed by atoms with Crippen molar-refractivity contribution in [3.05, 3.63) is 48.4 Å². The summed E-state index contributed by atoms with van der Waals surface area (Å²) >= 11 is 0. The quantitative estimate of drug-likeness (QED) is 0.741. The maximum absolute atomic E-state index is 13.3. The summed E-state index contributed by atoms with van der Waals surface area (Å²) in [6, 6.07) is 6.41. The van der Waals surface area contributed by atoms with E-state index in [1.807, 2.05) is 33.3 Å². The first-order valence-electron chi connectivity index (χ1n) is 8.01. The average molecular weight is 327 g/mol. The molecular formula is C17H18FN5O. The van der Waals surface area contributed by atoms with Crippen molar-refractivity contribution in [2.24, 2.45) is 7.05 Å². The number of hydrogen-bond acceptors (Lipinski definition) is 3. The van der Waals surface area contributed by atoms with Crippen molar-refractivity contribution in [1.29, 1.82) is 0 Å². The van der Waals surface area contributed by atoms with E-state index < -0.39 is 0 Å². The number of halogens is 1. The lowest BCUT2D eigenvalue weighted by Gasteiger charge is -2.24. The Kier molecular flexibility index (Phi) is 3.55. The zero-order chi connectivity index (χ0) is 16.7. The lowest BCUT2D eigenvalue weighted by atomic mass is 10.2. The van der Waals surface area contributed by atoms with Crippen molar-refractivity contribution in [3.63, 3.8) is 0 Å². The maximum atomic E-state index is 13.3. The third-order valence-corrected chi connectivity index (χ3v) is 4.66. The van der Waals surface area contributed by atoms with Gasteiger partial charge in [-0.05, 0) is 37.1 Å². The first-order chi connectivity index (χ1) is 11.6. The van der Waals surface area contributed by atoms with Gasteiger partial charge in [-0.2, -0.15) is 0 Å². The molecule has 124 valence electrons. The number of amides is 1. The largest absolute Gasteiger partial charge is 0.338 e. The number of likely N-dealkylation sites (tertiary alicyclic amines) is 1. The molecule has 3 heterocycles. The molecule has 1 atom stereocenters. The van der Waals surface area contributed by atoms with Crippen molar-refractivity contribution in [3.8, 4) is 0 Å². The Morgan fingerprint density at radius 3 is 3.04 bits per heavy atom. The lowest BCUT2D eigenvalue weighted by Crippen LogP contribution is -2.34. The standard InChI is InChI=1S/C17H18FN5O/c1-21-11-19-20-17(21)15-3-2-7-23(15)16(24)10-22-8-6-12-9-13(18)4-5-14(12)22/h4-6,8-9,11,15H,2-3,7,10H2,1H3/t15-/m0/s1. The molecule has 0 N–H and O–H groups in total. The highest BCUT2D eigenvalue weighted by Crippen LogP contribution is 2.30. The van der Waals surface area contributed by atoms with Crippen molar-refractivity contribution in [2.75, 3.05) is 6.54 Å². The van der Waals surface area contributed by atoms with E-state index in [2.05, 4.69) is 10.2 Å². The minimum absolute atomic E-state index is 0.0238.